The van der Waals surface area contributed by atoms with Crippen molar-refractivity contribution in [1.29, 1.82) is 0 Å². The first kappa shape index (κ1) is 14.6. The largest absolute Gasteiger partial charge is 0.496 e. The van der Waals surface area contributed by atoms with Gasteiger partial charge < -0.3 is 24.1 Å². The van der Waals surface area contributed by atoms with Crippen LogP contribution in [0.2, 0.25) is 0 Å². The van der Waals surface area contributed by atoms with Gasteiger partial charge in [-0.3, -0.25) is 0 Å². The number of rotatable bonds is 6. The van der Waals surface area contributed by atoms with E-state index < -0.39 is 12.2 Å². The van der Waals surface area contributed by atoms with E-state index in [2.05, 4.69) is 0 Å². The number of aliphatic hydroxyl groups is 1. The maximum absolute atomic E-state index is 9.72. The summed E-state index contributed by atoms with van der Waals surface area (Å²) >= 11 is 0. The minimum atomic E-state index is -0.665. The Balaban J connectivity index is 3.32. The van der Waals surface area contributed by atoms with E-state index in [4.69, 9.17) is 18.9 Å². The molecule has 0 fully saturated rings. The smallest absolute Gasteiger partial charge is 0.164 e. The molecule has 0 amide bonds. The van der Waals surface area contributed by atoms with Crippen LogP contribution in [-0.4, -0.2) is 39.6 Å². The highest BCUT2D eigenvalue weighted by molar-refractivity contribution is 5.51. The molecule has 0 saturated carbocycles. The lowest BCUT2D eigenvalue weighted by Gasteiger charge is -2.22. The van der Waals surface area contributed by atoms with E-state index in [0.717, 1.165) is 0 Å². The van der Waals surface area contributed by atoms with Crippen molar-refractivity contribution in [1.82, 2.24) is 0 Å². The van der Waals surface area contributed by atoms with Crippen molar-refractivity contribution in [2.75, 3.05) is 28.4 Å². The second kappa shape index (κ2) is 6.47. The summed E-state index contributed by atoms with van der Waals surface area (Å²) < 4.78 is 21.0. The van der Waals surface area contributed by atoms with Crippen LogP contribution in [0, 0.1) is 0 Å². The SMILES string of the molecule is COc1cc(OC)c([C@H](OC)[C@@H](C)O)cc1OC. The van der Waals surface area contributed by atoms with Crippen LogP contribution in [0.15, 0.2) is 12.1 Å². The Labute approximate surface area is 107 Å². The summed E-state index contributed by atoms with van der Waals surface area (Å²) in [6.45, 7) is 1.66. The molecule has 0 heterocycles. The van der Waals surface area contributed by atoms with Crippen molar-refractivity contribution in [3.8, 4) is 17.2 Å². The van der Waals surface area contributed by atoms with Gasteiger partial charge in [-0.2, -0.15) is 0 Å². The number of aliphatic hydroxyl groups excluding tert-OH is 1. The van der Waals surface area contributed by atoms with Crippen molar-refractivity contribution < 1.29 is 24.1 Å². The maximum Gasteiger partial charge on any atom is 0.164 e. The molecule has 18 heavy (non-hydrogen) atoms. The molecule has 0 radical (unpaired) electrons. The molecule has 0 saturated heterocycles. The number of hydrogen-bond donors (Lipinski definition) is 1. The Bertz CT molecular complexity index is 389. The van der Waals surface area contributed by atoms with Crippen molar-refractivity contribution in [2.24, 2.45) is 0 Å². The first-order valence-corrected chi connectivity index (χ1v) is 5.59. The highest BCUT2D eigenvalue weighted by Crippen LogP contribution is 2.39. The third-order valence-corrected chi connectivity index (χ3v) is 2.73. The molecule has 0 unspecified atom stereocenters. The zero-order chi connectivity index (χ0) is 13.7. The number of ether oxygens (including phenoxy) is 4. The highest BCUT2D eigenvalue weighted by atomic mass is 16.5. The molecule has 0 bridgehead atoms. The molecule has 0 aromatic heterocycles. The fourth-order valence-electron chi connectivity index (χ4n) is 1.86. The fourth-order valence-corrected chi connectivity index (χ4v) is 1.86. The van der Waals surface area contributed by atoms with E-state index in [-0.39, 0.29) is 0 Å². The Morgan fingerprint density at radius 2 is 1.39 bits per heavy atom. The van der Waals surface area contributed by atoms with Gasteiger partial charge in [-0.25, -0.2) is 0 Å². The quantitative estimate of drug-likeness (QED) is 0.840. The summed E-state index contributed by atoms with van der Waals surface area (Å²) in [7, 11) is 6.20. The second-order valence-electron chi connectivity index (χ2n) is 3.85. The molecule has 2 atom stereocenters. The van der Waals surface area contributed by atoms with Crippen LogP contribution in [0.5, 0.6) is 17.2 Å². The van der Waals surface area contributed by atoms with Gasteiger partial charge in [-0.15, -0.1) is 0 Å². The highest BCUT2D eigenvalue weighted by Gasteiger charge is 2.23. The summed E-state index contributed by atoms with van der Waals surface area (Å²) in [4.78, 5) is 0. The third-order valence-electron chi connectivity index (χ3n) is 2.73. The normalized spacial score (nSPS) is 13.9. The predicted octanol–water partition coefficient (Wildman–Crippen LogP) is 1.78. The first-order valence-electron chi connectivity index (χ1n) is 5.59. The molecule has 5 heteroatoms. The average Bonchev–Trinajstić information content (AvgIpc) is 2.38. The topological polar surface area (TPSA) is 57.2 Å². The van der Waals surface area contributed by atoms with Crippen LogP contribution in [0.25, 0.3) is 0 Å². The van der Waals surface area contributed by atoms with Crippen LogP contribution in [0.4, 0.5) is 0 Å². The van der Waals surface area contributed by atoms with Gasteiger partial charge in [0.25, 0.3) is 0 Å². The first-order chi connectivity index (χ1) is 8.58. The van der Waals surface area contributed by atoms with Crippen molar-refractivity contribution in [3.63, 3.8) is 0 Å². The summed E-state index contributed by atoms with van der Waals surface area (Å²) in [5.74, 6) is 1.72. The molecule has 1 rings (SSSR count). The second-order valence-corrected chi connectivity index (χ2v) is 3.85. The van der Waals surface area contributed by atoms with E-state index >= 15 is 0 Å². The van der Waals surface area contributed by atoms with Crippen LogP contribution in [0.3, 0.4) is 0 Å². The van der Waals surface area contributed by atoms with Gasteiger partial charge in [-0.05, 0) is 13.0 Å². The van der Waals surface area contributed by atoms with Crippen LogP contribution < -0.4 is 14.2 Å². The van der Waals surface area contributed by atoms with E-state index in [9.17, 15) is 5.11 Å². The number of hydrogen-bond acceptors (Lipinski definition) is 5. The molecule has 0 aliphatic rings. The zero-order valence-corrected chi connectivity index (χ0v) is 11.4. The van der Waals surface area contributed by atoms with Gasteiger partial charge in [0.1, 0.15) is 11.9 Å². The minimum absolute atomic E-state index is 0.486. The maximum atomic E-state index is 9.72. The van der Waals surface area contributed by atoms with Gasteiger partial charge in [0, 0.05) is 18.7 Å². The Morgan fingerprint density at radius 1 is 0.889 bits per heavy atom. The van der Waals surface area contributed by atoms with Gasteiger partial charge in [0.05, 0.1) is 27.4 Å². The standard InChI is InChI=1S/C13H20O5/c1-8(14)13(18-5)9-6-11(16-3)12(17-4)7-10(9)15-2/h6-8,13-14H,1-5H3/t8-,13-/m1/s1. The summed E-state index contributed by atoms with van der Waals surface area (Å²) in [5, 5.41) is 9.72. The van der Waals surface area contributed by atoms with Gasteiger partial charge >= 0.3 is 0 Å². The van der Waals surface area contributed by atoms with Crippen molar-refractivity contribution >= 4 is 0 Å². The Kier molecular flexibility index (Phi) is 5.25. The molecule has 1 aromatic carbocycles. The van der Waals surface area contributed by atoms with Crippen LogP contribution >= 0.6 is 0 Å². The Morgan fingerprint density at radius 3 is 1.78 bits per heavy atom. The molecular formula is C13H20O5. The lowest BCUT2D eigenvalue weighted by Crippen LogP contribution is -2.17. The van der Waals surface area contributed by atoms with E-state index in [0.29, 0.717) is 22.8 Å². The molecule has 102 valence electrons. The summed E-state index contributed by atoms with van der Waals surface area (Å²) in [5.41, 5.74) is 0.715. The molecule has 0 aliphatic carbocycles. The van der Waals surface area contributed by atoms with Crippen LogP contribution in [-0.2, 0) is 4.74 Å². The molecule has 1 aromatic rings. The van der Waals surface area contributed by atoms with Gasteiger partial charge in [-0.1, -0.05) is 0 Å². The summed E-state index contributed by atoms with van der Waals surface area (Å²) in [6.07, 6.45) is -1.15. The lowest BCUT2D eigenvalue weighted by atomic mass is 10.0. The third kappa shape index (κ3) is 2.86. The zero-order valence-electron chi connectivity index (χ0n) is 11.4. The van der Waals surface area contributed by atoms with Crippen molar-refractivity contribution in [2.45, 2.75) is 19.1 Å². The minimum Gasteiger partial charge on any atom is -0.496 e. The van der Waals surface area contributed by atoms with Crippen LogP contribution in [0.1, 0.15) is 18.6 Å². The number of methoxy groups -OCH3 is 4. The molecular weight excluding hydrogens is 236 g/mol. The summed E-state index contributed by atoms with van der Waals surface area (Å²) in [6, 6.07) is 3.46. The monoisotopic (exact) mass is 256 g/mol. The van der Waals surface area contributed by atoms with E-state index in [1.54, 1.807) is 40.4 Å². The molecule has 5 nitrogen and oxygen atoms in total. The van der Waals surface area contributed by atoms with Crippen molar-refractivity contribution in [3.05, 3.63) is 17.7 Å². The van der Waals surface area contributed by atoms with Gasteiger partial charge in [0.2, 0.25) is 0 Å². The Hall–Kier alpha value is -1.46. The van der Waals surface area contributed by atoms with E-state index in [1.165, 1.54) is 7.11 Å². The van der Waals surface area contributed by atoms with Gasteiger partial charge in [0.15, 0.2) is 11.5 Å². The molecule has 1 N–H and O–H groups in total. The fraction of sp³-hybridized carbons (Fsp3) is 0.538. The predicted molar refractivity (Wildman–Crippen MR) is 67.5 cm³/mol. The lowest BCUT2D eigenvalue weighted by molar-refractivity contribution is -0.00488. The molecule has 0 aliphatic heterocycles. The van der Waals surface area contributed by atoms with E-state index in [1.807, 2.05) is 0 Å². The molecule has 0 spiro atoms. The number of benzene rings is 1. The average molecular weight is 256 g/mol.